The number of hydrogen-bond donors (Lipinski definition) is 2. The number of carbonyl (C=O) groups excluding carboxylic acids is 1. The molecule has 2 atom stereocenters. The monoisotopic (exact) mass is 300 g/mol. The fourth-order valence-corrected chi connectivity index (χ4v) is 2.89. The molecule has 1 amide bonds. The van der Waals surface area contributed by atoms with Crippen LogP contribution in [-0.2, 0) is 11.3 Å². The standard InChI is InChI=1S/C15H19F3N2O/c16-15(17,18)12-7-4-8-14(9-12,13(19)21)20-10-11-5-2-1-3-6-11/h1-3,5-6,12,20H,4,7-10H2,(H2,19,21). The first-order valence-electron chi connectivity index (χ1n) is 6.99. The zero-order valence-electron chi connectivity index (χ0n) is 11.6. The molecule has 6 heteroatoms. The van der Waals surface area contributed by atoms with Gasteiger partial charge in [-0.15, -0.1) is 0 Å². The van der Waals surface area contributed by atoms with E-state index in [9.17, 15) is 18.0 Å². The van der Waals surface area contributed by atoms with Crippen LogP contribution < -0.4 is 11.1 Å². The number of rotatable bonds is 4. The highest BCUT2D eigenvalue weighted by Gasteiger charge is 2.49. The van der Waals surface area contributed by atoms with Crippen molar-refractivity contribution in [2.75, 3.05) is 0 Å². The van der Waals surface area contributed by atoms with Gasteiger partial charge in [-0.1, -0.05) is 36.8 Å². The summed E-state index contributed by atoms with van der Waals surface area (Å²) in [4.78, 5) is 11.8. The van der Waals surface area contributed by atoms with Gasteiger partial charge in [0.15, 0.2) is 0 Å². The smallest absolute Gasteiger partial charge is 0.368 e. The van der Waals surface area contributed by atoms with Crippen molar-refractivity contribution in [3.8, 4) is 0 Å². The van der Waals surface area contributed by atoms with Gasteiger partial charge >= 0.3 is 6.18 Å². The Morgan fingerprint density at radius 3 is 2.57 bits per heavy atom. The summed E-state index contributed by atoms with van der Waals surface area (Å²) in [6, 6.07) is 9.24. The second kappa shape index (κ2) is 6.05. The lowest BCUT2D eigenvalue weighted by atomic mass is 9.74. The number of benzene rings is 1. The van der Waals surface area contributed by atoms with E-state index in [-0.39, 0.29) is 12.8 Å². The molecule has 1 aromatic rings. The Hall–Kier alpha value is -1.56. The van der Waals surface area contributed by atoms with Gasteiger partial charge in [-0.25, -0.2) is 0 Å². The number of alkyl halides is 3. The van der Waals surface area contributed by atoms with E-state index in [1.807, 2.05) is 30.3 Å². The number of carbonyl (C=O) groups is 1. The Morgan fingerprint density at radius 2 is 2.00 bits per heavy atom. The molecule has 1 saturated carbocycles. The van der Waals surface area contributed by atoms with E-state index in [4.69, 9.17) is 5.73 Å². The van der Waals surface area contributed by atoms with Crippen molar-refractivity contribution in [1.82, 2.24) is 5.32 Å². The van der Waals surface area contributed by atoms with Gasteiger partial charge in [0.1, 0.15) is 0 Å². The van der Waals surface area contributed by atoms with Crippen LogP contribution in [0, 0.1) is 5.92 Å². The summed E-state index contributed by atoms with van der Waals surface area (Å²) < 4.78 is 38.8. The minimum Gasteiger partial charge on any atom is -0.368 e. The van der Waals surface area contributed by atoms with Crippen LogP contribution in [0.5, 0.6) is 0 Å². The third kappa shape index (κ3) is 3.75. The first-order valence-corrected chi connectivity index (χ1v) is 6.99. The van der Waals surface area contributed by atoms with Crippen LogP contribution in [0.25, 0.3) is 0 Å². The molecule has 1 aliphatic carbocycles. The molecule has 21 heavy (non-hydrogen) atoms. The summed E-state index contributed by atoms with van der Waals surface area (Å²) >= 11 is 0. The molecule has 3 N–H and O–H groups in total. The lowest BCUT2D eigenvalue weighted by molar-refractivity contribution is -0.188. The van der Waals surface area contributed by atoms with Gasteiger partial charge in [0, 0.05) is 6.54 Å². The summed E-state index contributed by atoms with van der Waals surface area (Å²) in [7, 11) is 0. The number of hydrogen-bond acceptors (Lipinski definition) is 2. The molecule has 2 unspecified atom stereocenters. The van der Waals surface area contributed by atoms with Crippen molar-refractivity contribution in [2.24, 2.45) is 11.7 Å². The minimum atomic E-state index is -4.28. The van der Waals surface area contributed by atoms with E-state index in [0.717, 1.165) is 5.56 Å². The maximum absolute atomic E-state index is 12.9. The number of amides is 1. The second-order valence-corrected chi connectivity index (χ2v) is 5.62. The summed E-state index contributed by atoms with van der Waals surface area (Å²) in [5, 5.41) is 2.98. The van der Waals surface area contributed by atoms with Gasteiger partial charge in [-0.2, -0.15) is 13.2 Å². The summed E-state index contributed by atoms with van der Waals surface area (Å²) in [6.07, 6.45) is -3.81. The zero-order valence-corrected chi connectivity index (χ0v) is 11.6. The van der Waals surface area contributed by atoms with E-state index in [1.54, 1.807) is 0 Å². The van der Waals surface area contributed by atoms with Gasteiger partial charge in [0.25, 0.3) is 0 Å². The molecule has 116 valence electrons. The molecule has 1 aromatic carbocycles. The van der Waals surface area contributed by atoms with Crippen molar-refractivity contribution >= 4 is 5.91 Å². The van der Waals surface area contributed by atoms with E-state index in [1.165, 1.54) is 0 Å². The molecule has 1 fully saturated rings. The molecule has 0 aromatic heterocycles. The fraction of sp³-hybridized carbons (Fsp3) is 0.533. The Kier molecular flexibility index (Phi) is 4.56. The van der Waals surface area contributed by atoms with Crippen molar-refractivity contribution < 1.29 is 18.0 Å². The van der Waals surface area contributed by atoms with Crippen molar-refractivity contribution in [2.45, 2.75) is 43.9 Å². The fourth-order valence-electron chi connectivity index (χ4n) is 2.89. The van der Waals surface area contributed by atoms with E-state index < -0.39 is 23.5 Å². The molecule has 0 aliphatic heterocycles. The van der Waals surface area contributed by atoms with Crippen LogP contribution >= 0.6 is 0 Å². The van der Waals surface area contributed by atoms with Crippen LogP contribution in [0.1, 0.15) is 31.2 Å². The third-order valence-electron chi connectivity index (χ3n) is 4.16. The summed E-state index contributed by atoms with van der Waals surface area (Å²) in [5.74, 6) is -2.17. The zero-order chi connectivity index (χ0) is 15.5. The highest BCUT2D eigenvalue weighted by Crippen LogP contribution is 2.41. The molecule has 0 spiro atoms. The van der Waals surface area contributed by atoms with Crippen molar-refractivity contribution in [3.05, 3.63) is 35.9 Å². The Labute approximate surface area is 121 Å². The maximum atomic E-state index is 12.9. The average molecular weight is 300 g/mol. The Morgan fingerprint density at radius 1 is 1.33 bits per heavy atom. The van der Waals surface area contributed by atoms with Gasteiger partial charge in [-0.05, 0) is 24.8 Å². The van der Waals surface area contributed by atoms with Gasteiger partial charge in [0.2, 0.25) is 5.91 Å². The van der Waals surface area contributed by atoms with Crippen LogP contribution in [0.15, 0.2) is 30.3 Å². The van der Waals surface area contributed by atoms with Crippen LogP contribution in [0.3, 0.4) is 0 Å². The minimum absolute atomic E-state index is 0.0611. The summed E-state index contributed by atoms with van der Waals surface area (Å²) in [5.41, 5.74) is 5.04. The highest BCUT2D eigenvalue weighted by molar-refractivity contribution is 5.84. The van der Waals surface area contributed by atoms with E-state index >= 15 is 0 Å². The highest BCUT2D eigenvalue weighted by atomic mass is 19.4. The molecule has 1 aliphatic rings. The first kappa shape index (κ1) is 15.8. The third-order valence-corrected chi connectivity index (χ3v) is 4.16. The predicted octanol–water partition coefficient (Wildman–Crippen LogP) is 2.75. The van der Waals surface area contributed by atoms with Crippen molar-refractivity contribution in [3.63, 3.8) is 0 Å². The number of nitrogens with one attached hydrogen (secondary N) is 1. The summed E-state index contributed by atoms with van der Waals surface area (Å²) in [6.45, 7) is 0.328. The lowest BCUT2D eigenvalue weighted by Gasteiger charge is -2.40. The molecular formula is C15H19F3N2O. The molecule has 3 nitrogen and oxygen atoms in total. The molecular weight excluding hydrogens is 281 g/mol. The molecule has 0 bridgehead atoms. The predicted molar refractivity (Wildman–Crippen MR) is 73.2 cm³/mol. The van der Waals surface area contributed by atoms with Gasteiger partial charge < -0.3 is 5.73 Å². The topological polar surface area (TPSA) is 55.1 Å². The maximum Gasteiger partial charge on any atom is 0.391 e. The Bertz CT molecular complexity index is 489. The largest absolute Gasteiger partial charge is 0.391 e. The molecule has 0 radical (unpaired) electrons. The lowest BCUT2D eigenvalue weighted by Crippen LogP contribution is -2.58. The molecule has 2 rings (SSSR count). The van der Waals surface area contributed by atoms with Gasteiger partial charge in [-0.3, -0.25) is 10.1 Å². The van der Waals surface area contributed by atoms with E-state index in [2.05, 4.69) is 5.32 Å². The van der Waals surface area contributed by atoms with E-state index in [0.29, 0.717) is 19.4 Å². The van der Waals surface area contributed by atoms with Crippen LogP contribution in [0.2, 0.25) is 0 Å². The first-order chi connectivity index (χ1) is 9.83. The van der Waals surface area contributed by atoms with Crippen molar-refractivity contribution in [1.29, 1.82) is 0 Å². The number of halogens is 3. The SMILES string of the molecule is NC(=O)C1(NCc2ccccc2)CCCC(C(F)(F)F)C1. The van der Waals surface area contributed by atoms with Crippen LogP contribution in [0.4, 0.5) is 13.2 Å². The average Bonchev–Trinajstić information content (AvgIpc) is 2.45. The number of primary amides is 1. The number of nitrogens with two attached hydrogens (primary N) is 1. The quantitative estimate of drug-likeness (QED) is 0.898. The molecule has 0 heterocycles. The van der Waals surface area contributed by atoms with Crippen LogP contribution in [-0.4, -0.2) is 17.6 Å². The van der Waals surface area contributed by atoms with Gasteiger partial charge in [0.05, 0.1) is 11.5 Å². The normalized spacial score (nSPS) is 26.5. The molecule has 0 saturated heterocycles. The Balaban J connectivity index is 2.11. The second-order valence-electron chi connectivity index (χ2n) is 5.62.